The maximum Gasteiger partial charge on any atom is 0.313 e. The number of nitrogens with two attached hydrogens (primary N) is 1. The van der Waals surface area contributed by atoms with Crippen LogP contribution in [0.1, 0.15) is 32.3 Å². The average molecular weight is 301 g/mol. The number of rotatable bonds is 5. The minimum atomic E-state index is -0.857. The zero-order chi connectivity index (χ0) is 13.1. The van der Waals surface area contributed by atoms with Gasteiger partial charge in [-0.2, -0.15) is 0 Å². The van der Waals surface area contributed by atoms with E-state index in [4.69, 9.17) is 5.84 Å². The summed E-state index contributed by atoms with van der Waals surface area (Å²) in [5.74, 6) is 4.53. The monoisotopic (exact) mass is 300 g/mol. The average Bonchev–Trinajstić information content (AvgIpc) is 2.28. The smallest absolute Gasteiger partial charge is 0.313 e. The number of halogens is 1. The van der Waals surface area contributed by atoms with Gasteiger partial charge in [-0.1, -0.05) is 19.4 Å². The standard InChI is InChI=1S/C12H17BrN2O2/c1-3-6-12(2,11(16)17)8-4-5-10(15-14)9(13)7-8/h4-5,7,15H,3,6,14H2,1-2H3,(H,16,17). The van der Waals surface area contributed by atoms with E-state index in [0.717, 1.165) is 22.1 Å². The van der Waals surface area contributed by atoms with Crippen molar-refractivity contribution in [1.82, 2.24) is 0 Å². The molecule has 0 fully saturated rings. The Kier molecular flexibility index (Phi) is 4.54. The van der Waals surface area contributed by atoms with E-state index in [9.17, 15) is 9.90 Å². The summed E-state index contributed by atoms with van der Waals surface area (Å²) in [5, 5.41) is 9.38. The van der Waals surface area contributed by atoms with Crippen LogP contribution in [0.3, 0.4) is 0 Å². The third-order valence-electron chi connectivity index (χ3n) is 2.98. The molecule has 0 amide bonds. The number of carboxylic acid groups (broad SMARTS) is 1. The number of carbonyl (C=O) groups is 1. The second-order valence-corrected chi connectivity index (χ2v) is 5.08. The van der Waals surface area contributed by atoms with Crippen LogP contribution in [0.15, 0.2) is 22.7 Å². The minimum absolute atomic E-state index is 0.601. The lowest BCUT2D eigenvalue weighted by Crippen LogP contribution is -2.32. The summed E-state index contributed by atoms with van der Waals surface area (Å²) in [6.45, 7) is 3.72. The van der Waals surface area contributed by atoms with Gasteiger partial charge < -0.3 is 10.5 Å². The summed E-state index contributed by atoms with van der Waals surface area (Å²) in [5.41, 5.74) is 3.19. The highest BCUT2D eigenvalue weighted by atomic mass is 79.9. The van der Waals surface area contributed by atoms with E-state index in [0.29, 0.717) is 6.42 Å². The second-order valence-electron chi connectivity index (χ2n) is 4.23. The Labute approximate surface area is 109 Å². The molecule has 1 atom stereocenters. The molecule has 0 saturated carbocycles. The molecule has 4 N–H and O–H groups in total. The number of hydrazine groups is 1. The van der Waals surface area contributed by atoms with Gasteiger partial charge in [-0.15, -0.1) is 0 Å². The van der Waals surface area contributed by atoms with E-state index < -0.39 is 11.4 Å². The highest BCUT2D eigenvalue weighted by Gasteiger charge is 2.34. The van der Waals surface area contributed by atoms with E-state index in [1.54, 1.807) is 25.1 Å². The van der Waals surface area contributed by atoms with Crippen molar-refractivity contribution in [3.05, 3.63) is 28.2 Å². The van der Waals surface area contributed by atoms with Gasteiger partial charge in [0.25, 0.3) is 0 Å². The maximum atomic E-state index is 11.4. The minimum Gasteiger partial charge on any atom is -0.481 e. The van der Waals surface area contributed by atoms with E-state index in [1.807, 2.05) is 6.92 Å². The number of benzene rings is 1. The first-order chi connectivity index (χ1) is 7.95. The molecular weight excluding hydrogens is 284 g/mol. The van der Waals surface area contributed by atoms with Crippen molar-refractivity contribution in [2.24, 2.45) is 5.84 Å². The van der Waals surface area contributed by atoms with Crippen molar-refractivity contribution >= 4 is 27.6 Å². The lowest BCUT2D eigenvalue weighted by molar-refractivity contribution is -0.143. The van der Waals surface area contributed by atoms with E-state index in [2.05, 4.69) is 21.4 Å². The van der Waals surface area contributed by atoms with Crippen molar-refractivity contribution < 1.29 is 9.90 Å². The lowest BCUT2D eigenvalue weighted by Gasteiger charge is -2.25. The van der Waals surface area contributed by atoms with Crippen LogP contribution in [0.4, 0.5) is 5.69 Å². The maximum absolute atomic E-state index is 11.4. The number of carboxylic acids is 1. The van der Waals surface area contributed by atoms with Crippen LogP contribution in [0.5, 0.6) is 0 Å². The van der Waals surface area contributed by atoms with Crippen LogP contribution in [0.25, 0.3) is 0 Å². The van der Waals surface area contributed by atoms with Crippen LogP contribution >= 0.6 is 15.9 Å². The van der Waals surface area contributed by atoms with Gasteiger partial charge in [0.1, 0.15) is 0 Å². The molecule has 1 aromatic rings. The molecule has 0 heterocycles. The number of aliphatic carboxylic acids is 1. The van der Waals surface area contributed by atoms with Gasteiger partial charge in [0.2, 0.25) is 0 Å². The van der Waals surface area contributed by atoms with E-state index >= 15 is 0 Å². The highest BCUT2D eigenvalue weighted by molar-refractivity contribution is 9.10. The Balaban J connectivity index is 3.20. The molecular formula is C12H17BrN2O2. The fourth-order valence-corrected chi connectivity index (χ4v) is 2.34. The molecule has 0 aliphatic heterocycles. The zero-order valence-electron chi connectivity index (χ0n) is 9.96. The zero-order valence-corrected chi connectivity index (χ0v) is 11.5. The Hall–Kier alpha value is -1.07. The van der Waals surface area contributed by atoms with Crippen molar-refractivity contribution in [2.45, 2.75) is 32.1 Å². The largest absolute Gasteiger partial charge is 0.481 e. The van der Waals surface area contributed by atoms with Crippen molar-refractivity contribution in [3.8, 4) is 0 Å². The van der Waals surface area contributed by atoms with E-state index in [-0.39, 0.29) is 0 Å². The second kappa shape index (κ2) is 5.51. The van der Waals surface area contributed by atoms with Gasteiger partial charge >= 0.3 is 5.97 Å². The molecule has 0 radical (unpaired) electrons. The third-order valence-corrected chi connectivity index (χ3v) is 3.64. The molecule has 0 aliphatic rings. The van der Waals surface area contributed by atoms with Crippen LogP contribution in [0.2, 0.25) is 0 Å². The predicted octanol–water partition coefficient (Wildman–Crippen LogP) is 2.88. The summed E-state index contributed by atoms with van der Waals surface area (Å²) >= 11 is 3.36. The summed E-state index contributed by atoms with van der Waals surface area (Å²) < 4.78 is 0.765. The van der Waals surface area contributed by atoms with Gasteiger partial charge in [0, 0.05) is 4.47 Å². The van der Waals surface area contributed by atoms with Crippen LogP contribution < -0.4 is 11.3 Å². The van der Waals surface area contributed by atoms with Crippen molar-refractivity contribution in [2.75, 3.05) is 5.43 Å². The molecule has 0 saturated heterocycles. The first-order valence-corrected chi connectivity index (χ1v) is 6.25. The topological polar surface area (TPSA) is 75.3 Å². The molecule has 0 aromatic heterocycles. The molecule has 1 unspecified atom stereocenters. The quantitative estimate of drug-likeness (QED) is 0.577. The van der Waals surface area contributed by atoms with Crippen molar-refractivity contribution in [1.29, 1.82) is 0 Å². The fraction of sp³-hybridized carbons (Fsp3) is 0.417. The van der Waals surface area contributed by atoms with Gasteiger partial charge in [-0.25, -0.2) is 0 Å². The van der Waals surface area contributed by atoms with Gasteiger partial charge in [0.15, 0.2) is 0 Å². The Morgan fingerprint density at radius 1 is 1.59 bits per heavy atom. The molecule has 0 bridgehead atoms. The van der Waals surface area contributed by atoms with Crippen LogP contribution in [-0.2, 0) is 10.2 Å². The van der Waals surface area contributed by atoms with Crippen molar-refractivity contribution in [3.63, 3.8) is 0 Å². The molecule has 1 rings (SSSR count). The van der Waals surface area contributed by atoms with Crippen LogP contribution in [-0.4, -0.2) is 11.1 Å². The number of anilines is 1. The summed E-state index contributed by atoms with van der Waals surface area (Å²) in [4.78, 5) is 11.4. The summed E-state index contributed by atoms with van der Waals surface area (Å²) in [6.07, 6.45) is 1.42. The normalized spacial score (nSPS) is 14.1. The predicted molar refractivity (Wildman–Crippen MR) is 71.8 cm³/mol. The van der Waals surface area contributed by atoms with Crippen LogP contribution in [0, 0.1) is 0 Å². The molecule has 5 heteroatoms. The third kappa shape index (κ3) is 2.79. The number of hydrogen-bond donors (Lipinski definition) is 3. The number of nitrogens with one attached hydrogen (secondary N) is 1. The number of nitrogen functional groups attached to an aromatic ring is 1. The first-order valence-electron chi connectivity index (χ1n) is 5.45. The lowest BCUT2D eigenvalue weighted by atomic mass is 9.79. The SMILES string of the molecule is CCCC(C)(C(=O)O)c1ccc(NN)c(Br)c1. The molecule has 0 aliphatic carbocycles. The van der Waals surface area contributed by atoms with Gasteiger partial charge in [-0.3, -0.25) is 10.6 Å². The molecule has 17 heavy (non-hydrogen) atoms. The molecule has 0 spiro atoms. The molecule has 94 valence electrons. The summed E-state index contributed by atoms with van der Waals surface area (Å²) in [7, 11) is 0. The molecule has 4 nitrogen and oxygen atoms in total. The Morgan fingerprint density at radius 3 is 2.65 bits per heavy atom. The Morgan fingerprint density at radius 2 is 2.24 bits per heavy atom. The van der Waals surface area contributed by atoms with Gasteiger partial charge in [0.05, 0.1) is 11.1 Å². The van der Waals surface area contributed by atoms with E-state index in [1.165, 1.54) is 0 Å². The fourth-order valence-electron chi connectivity index (χ4n) is 1.85. The van der Waals surface area contributed by atoms with Gasteiger partial charge in [-0.05, 0) is 47.0 Å². The summed E-state index contributed by atoms with van der Waals surface area (Å²) in [6, 6.07) is 5.37. The number of hydrogen-bond acceptors (Lipinski definition) is 3. The first kappa shape index (κ1) is 14.0. The highest BCUT2D eigenvalue weighted by Crippen LogP contribution is 2.33. The molecule has 1 aromatic carbocycles. The Bertz CT molecular complexity index is 423.